The first-order valence-electron chi connectivity index (χ1n) is 16.3. The summed E-state index contributed by atoms with van der Waals surface area (Å²) in [6.07, 6.45) is -12.3. The zero-order chi connectivity index (χ0) is 36.8. The van der Waals surface area contributed by atoms with Crippen LogP contribution in [0.5, 0.6) is 11.5 Å². The van der Waals surface area contributed by atoms with Crippen LogP contribution in [0.2, 0.25) is 0 Å². The predicted octanol–water partition coefficient (Wildman–Crippen LogP) is -2.19. The summed E-state index contributed by atoms with van der Waals surface area (Å²) >= 11 is 0. The molecular formula is C33H42O18. The largest absolute Gasteiger partial charge is 0.504 e. The molecule has 0 bridgehead atoms. The van der Waals surface area contributed by atoms with Crippen molar-refractivity contribution in [1.29, 1.82) is 0 Å². The molecule has 1 aromatic carbocycles. The van der Waals surface area contributed by atoms with Crippen molar-refractivity contribution in [3.63, 3.8) is 0 Å². The van der Waals surface area contributed by atoms with E-state index in [0.717, 1.165) is 13.0 Å². The summed E-state index contributed by atoms with van der Waals surface area (Å²) in [5.74, 6) is -3.00. The average Bonchev–Trinajstić information content (AvgIpc) is 3.78. The highest BCUT2D eigenvalue weighted by Gasteiger charge is 2.77. The van der Waals surface area contributed by atoms with Crippen LogP contribution in [0.15, 0.2) is 36.6 Å². The van der Waals surface area contributed by atoms with E-state index in [2.05, 4.69) is 0 Å². The summed E-state index contributed by atoms with van der Waals surface area (Å²) in [5, 5.41) is 72.5. The molecule has 0 spiro atoms. The van der Waals surface area contributed by atoms with Crippen LogP contribution in [0.4, 0.5) is 0 Å². The Balaban J connectivity index is 1.21. The Hall–Kier alpha value is -3.40. The molecule has 282 valence electrons. The standard InChI is InChI=1S/C33H42O18/c1-13-26(46-14(2)36)25(42)28(48-20(38)7-5-15-4-6-18(43-3)17(37)10-15)32(45-13)49-27-16-8-9-44-30(21(16)33(12-35)29(27)51-33)50-31-24(41)23(40)22(39)19(11-34)47-31/h4-10,13,16,19,21-32,34-35,37,39-42H,11-12H2,1-3H3/b7-5+/t13-,16+,19+,21+,22+,23-,24+,25+,26-,27-,28+,29-,30-,31-,32-,33+/m0/s1. The van der Waals surface area contributed by atoms with Gasteiger partial charge in [-0.15, -0.1) is 0 Å². The number of hydrogen-bond donors (Lipinski definition) is 7. The molecule has 18 heteroatoms. The van der Waals surface area contributed by atoms with Gasteiger partial charge in [-0.05, 0) is 36.8 Å². The molecule has 51 heavy (non-hydrogen) atoms. The van der Waals surface area contributed by atoms with Crippen LogP contribution in [0.25, 0.3) is 6.08 Å². The number of methoxy groups -OCH3 is 1. The summed E-state index contributed by atoms with van der Waals surface area (Å²) in [6, 6.07) is 4.45. The molecule has 0 aromatic heterocycles. The minimum Gasteiger partial charge on any atom is -0.504 e. The SMILES string of the molecule is COc1ccc(/C=C/C(=O)O[C@H]2[C@H](O[C@H]3[C@@H]4C=CO[C@@H](O[C@@H]5O[C@H](CO)[C@@H](O)[C@H](O)[C@H]5O)[C@@H]4[C@@]4(CO)O[C@@H]34)O[C@@H](C)[C@H](OC(C)=O)[C@H]2O)cc1O. The second-order valence-corrected chi connectivity index (χ2v) is 13.0. The number of aliphatic hydroxyl groups excluding tert-OH is 6. The van der Waals surface area contributed by atoms with Gasteiger partial charge in [0.15, 0.2) is 36.3 Å². The van der Waals surface area contributed by atoms with E-state index >= 15 is 0 Å². The van der Waals surface area contributed by atoms with Gasteiger partial charge in [0, 0.05) is 18.9 Å². The van der Waals surface area contributed by atoms with Crippen molar-refractivity contribution in [2.45, 2.75) is 99.4 Å². The molecule has 4 fully saturated rings. The average molecular weight is 727 g/mol. The number of ether oxygens (including phenoxy) is 9. The summed E-state index contributed by atoms with van der Waals surface area (Å²) in [4.78, 5) is 24.9. The quantitative estimate of drug-likeness (QED) is 0.0726. The van der Waals surface area contributed by atoms with Crippen LogP contribution < -0.4 is 4.74 Å². The van der Waals surface area contributed by atoms with E-state index in [-0.39, 0.29) is 11.5 Å². The molecule has 4 heterocycles. The molecule has 4 aliphatic heterocycles. The molecule has 6 rings (SSSR count). The van der Waals surface area contributed by atoms with E-state index in [4.69, 9.17) is 42.6 Å². The summed E-state index contributed by atoms with van der Waals surface area (Å²) in [6.45, 7) is 1.48. The third kappa shape index (κ3) is 7.06. The van der Waals surface area contributed by atoms with Crippen LogP contribution >= 0.6 is 0 Å². The minimum absolute atomic E-state index is 0.157. The van der Waals surface area contributed by atoms with Crippen LogP contribution in [-0.2, 0) is 47.5 Å². The Labute approximate surface area is 291 Å². The lowest BCUT2D eigenvalue weighted by molar-refractivity contribution is -0.347. The number of aromatic hydroxyl groups is 1. The maximum absolute atomic E-state index is 13.1. The molecule has 1 saturated carbocycles. The first-order chi connectivity index (χ1) is 24.3. The molecule has 18 nitrogen and oxygen atoms in total. The number of rotatable bonds is 11. The predicted molar refractivity (Wildman–Crippen MR) is 165 cm³/mol. The fraction of sp³-hybridized carbons (Fsp3) is 0.636. The van der Waals surface area contributed by atoms with Gasteiger partial charge in [-0.2, -0.15) is 0 Å². The fourth-order valence-electron chi connectivity index (χ4n) is 7.20. The van der Waals surface area contributed by atoms with Crippen LogP contribution in [0.1, 0.15) is 19.4 Å². The van der Waals surface area contributed by atoms with Gasteiger partial charge in [-0.3, -0.25) is 4.79 Å². The van der Waals surface area contributed by atoms with Crippen LogP contribution in [0.3, 0.4) is 0 Å². The second-order valence-electron chi connectivity index (χ2n) is 13.0. The van der Waals surface area contributed by atoms with Gasteiger partial charge in [0.2, 0.25) is 6.29 Å². The van der Waals surface area contributed by atoms with Crippen molar-refractivity contribution in [1.82, 2.24) is 0 Å². The molecule has 5 aliphatic rings. The third-order valence-corrected chi connectivity index (χ3v) is 9.81. The number of benzene rings is 1. The van der Waals surface area contributed by atoms with Crippen molar-refractivity contribution < 1.29 is 88.0 Å². The molecule has 0 unspecified atom stereocenters. The topological polar surface area (TPSA) is 262 Å². The van der Waals surface area contributed by atoms with Crippen LogP contribution in [-0.4, -0.2) is 154 Å². The van der Waals surface area contributed by atoms with Gasteiger partial charge in [-0.1, -0.05) is 6.07 Å². The van der Waals surface area contributed by atoms with Crippen molar-refractivity contribution >= 4 is 18.0 Å². The Morgan fingerprint density at radius 3 is 2.35 bits per heavy atom. The van der Waals surface area contributed by atoms with Gasteiger partial charge in [0.1, 0.15) is 42.2 Å². The molecule has 3 saturated heterocycles. The van der Waals surface area contributed by atoms with E-state index < -0.39 is 122 Å². The number of aliphatic hydroxyl groups is 6. The lowest BCUT2D eigenvalue weighted by atomic mass is 9.85. The van der Waals surface area contributed by atoms with Gasteiger partial charge < -0.3 is 78.4 Å². The number of carbonyl (C=O) groups excluding carboxylic acids is 2. The number of phenolic OH excluding ortho intramolecular Hbond substituents is 1. The maximum Gasteiger partial charge on any atom is 0.331 e. The zero-order valence-electron chi connectivity index (χ0n) is 27.7. The fourth-order valence-corrected chi connectivity index (χ4v) is 7.20. The van der Waals surface area contributed by atoms with Crippen molar-refractivity contribution in [3.05, 3.63) is 42.2 Å². The summed E-state index contributed by atoms with van der Waals surface area (Å²) in [5.41, 5.74) is -0.850. The number of carbonyl (C=O) groups is 2. The number of esters is 2. The van der Waals surface area contributed by atoms with Gasteiger partial charge in [0.25, 0.3) is 0 Å². The zero-order valence-corrected chi connectivity index (χ0v) is 27.7. The molecule has 1 aromatic rings. The molecule has 7 N–H and O–H groups in total. The van der Waals surface area contributed by atoms with E-state index in [9.17, 15) is 45.3 Å². The Morgan fingerprint density at radius 1 is 0.922 bits per heavy atom. The molecule has 0 amide bonds. The molecule has 1 aliphatic carbocycles. The smallest absolute Gasteiger partial charge is 0.331 e. The number of epoxide rings is 1. The van der Waals surface area contributed by atoms with Crippen molar-refractivity contribution in [3.8, 4) is 11.5 Å². The Bertz CT molecular complexity index is 1480. The Kier molecular flexibility index (Phi) is 10.9. The van der Waals surface area contributed by atoms with Crippen LogP contribution in [0, 0.1) is 11.8 Å². The highest BCUT2D eigenvalue weighted by atomic mass is 16.8. The number of fused-ring (bicyclic) bond motifs is 3. The highest BCUT2D eigenvalue weighted by Crippen LogP contribution is 2.61. The first kappa shape index (κ1) is 37.4. The highest BCUT2D eigenvalue weighted by molar-refractivity contribution is 5.87. The van der Waals surface area contributed by atoms with Crippen molar-refractivity contribution in [2.75, 3.05) is 20.3 Å². The maximum atomic E-state index is 13.1. The number of phenols is 1. The summed E-state index contributed by atoms with van der Waals surface area (Å²) in [7, 11) is 1.39. The van der Waals surface area contributed by atoms with Gasteiger partial charge >= 0.3 is 11.9 Å². The Morgan fingerprint density at radius 2 is 1.69 bits per heavy atom. The van der Waals surface area contributed by atoms with Crippen molar-refractivity contribution in [2.24, 2.45) is 11.8 Å². The minimum atomic E-state index is -1.73. The van der Waals surface area contributed by atoms with Gasteiger partial charge in [0.05, 0.1) is 44.7 Å². The lowest BCUT2D eigenvalue weighted by Crippen LogP contribution is -2.61. The van der Waals surface area contributed by atoms with E-state index in [1.807, 2.05) is 0 Å². The van der Waals surface area contributed by atoms with E-state index in [1.54, 1.807) is 12.1 Å². The van der Waals surface area contributed by atoms with E-state index in [0.29, 0.717) is 5.56 Å². The van der Waals surface area contributed by atoms with Gasteiger partial charge in [-0.25, -0.2) is 4.79 Å². The second kappa shape index (κ2) is 14.9. The lowest BCUT2D eigenvalue weighted by Gasteiger charge is -2.44. The summed E-state index contributed by atoms with van der Waals surface area (Å²) < 4.78 is 51.4. The molecular weight excluding hydrogens is 684 g/mol. The first-order valence-corrected chi connectivity index (χ1v) is 16.3. The number of hydrogen-bond acceptors (Lipinski definition) is 18. The third-order valence-electron chi connectivity index (χ3n) is 9.81. The normalized spacial score (nSPS) is 42.8. The molecule has 16 atom stereocenters. The molecule has 0 radical (unpaired) electrons. The van der Waals surface area contributed by atoms with E-state index in [1.165, 1.54) is 38.5 Å². The monoisotopic (exact) mass is 726 g/mol.